The smallest absolute Gasteiger partial charge is 0.0979 e. The molecule has 2 unspecified atom stereocenters. The zero-order valence-electron chi connectivity index (χ0n) is 9.81. The number of methoxy groups -OCH3 is 1. The van der Waals surface area contributed by atoms with Gasteiger partial charge in [-0.3, -0.25) is 0 Å². The Morgan fingerprint density at radius 3 is 2.27 bits per heavy atom. The Labute approximate surface area is 91.5 Å². The van der Waals surface area contributed by atoms with Gasteiger partial charge in [0.1, 0.15) is 0 Å². The maximum Gasteiger partial charge on any atom is 0.0979 e. The normalized spacial score (nSPS) is 15.6. The summed E-state index contributed by atoms with van der Waals surface area (Å²) in [5.41, 5.74) is 5.73. The fourth-order valence-electron chi connectivity index (χ4n) is 1.09. The van der Waals surface area contributed by atoms with Gasteiger partial charge in [-0.25, -0.2) is 0 Å². The molecule has 0 aromatic rings. The lowest BCUT2D eigenvalue weighted by molar-refractivity contribution is -0.0486. The molecule has 0 aliphatic carbocycles. The van der Waals surface area contributed by atoms with Gasteiger partial charge in [0, 0.05) is 7.11 Å². The Morgan fingerprint density at radius 1 is 1.20 bits per heavy atom. The molecule has 0 aromatic heterocycles. The van der Waals surface area contributed by atoms with Crippen molar-refractivity contribution in [3.63, 3.8) is 0 Å². The van der Waals surface area contributed by atoms with Gasteiger partial charge in [0.15, 0.2) is 0 Å². The third kappa shape index (κ3) is 7.70. The van der Waals surface area contributed by atoms with Gasteiger partial charge in [0.25, 0.3) is 0 Å². The highest BCUT2D eigenvalue weighted by Gasteiger charge is 2.17. The Morgan fingerprint density at radius 2 is 1.80 bits per heavy atom. The minimum atomic E-state index is -0.388. The lowest BCUT2D eigenvalue weighted by atomic mass is 10.2. The first-order chi connectivity index (χ1) is 7.11. The van der Waals surface area contributed by atoms with E-state index in [0.29, 0.717) is 19.8 Å². The van der Waals surface area contributed by atoms with E-state index in [-0.39, 0.29) is 24.9 Å². The van der Waals surface area contributed by atoms with E-state index in [9.17, 15) is 0 Å². The van der Waals surface area contributed by atoms with E-state index in [1.54, 1.807) is 7.11 Å². The van der Waals surface area contributed by atoms with E-state index in [2.05, 4.69) is 0 Å². The summed E-state index contributed by atoms with van der Waals surface area (Å²) in [6.45, 7) is 5.12. The number of aliphatic hydroxyl groups excluding tert-OH is 1. The molecule has 0 radical (unpaired) electrons. The second-order valence-electron chi connectivity index (χ2n) is 3.63. The van der Waals surface area contributed by atoms with Crippen molar-refractivity contribution in [3.05, 3.63) is 0 Å². The highest BCUT2D eigenvalue weighted by molar-refractivity contribution is 4.71. The fraction of sp³-hybridized carbons (Fsp3) is 1.00. The quantitative estimate of drug-likeness (QED) is 0.526. The number of nitrogens with two attached hydrogens (primary N) is 1. The lowest BCUT2D eigenvalue weighted by Crippen LogP contribution is -2.43. The molecule has 0 amide bonds. The Kier molecular flexibility index (Phi) is 8.94. The van der Waals surface area contributed by atoms with Crippen molar-refractivity contribution in [1.29, 1.82) is 0 Å². The van der Waals surface area contributed by atoms with Crippen LogP contribution >= 0.6 is 0 Å². The monoisotopic (exact) mass is 221 g/mol. The van der Waals surface area contributed by atoms with Gasteiger partial charge in [-0.05, 0) is 13.8 Å². The first kappa shape index (κ1) is 14.8. The average Bonchev–Trinajstić information content (AvgIpc) is 2.17. The van der Waals surface area contributed by atoms with Crippen LogP contribution in [0.1, 0.15) is 13.8 Å². The minimum absolute atomic E-state index is 0.105. The van der Waals surface area contributed by atoms with Crippen molar-refractivity contribution in [3.8, 4) is 0 Å². The molecule has 0 aromatic carbocycles. The van der Waals surface area contributed by atoms with Crippen molar-refractivity contribution in [2.45, 2.75) is 32.1 Å². The molecule has 0 saturated carbocycles. The van der Waals surface area contributed by atoms with Crippen LogP contribution in [0.15, 0.2) is 0 Å². The lowest BCUT2D eigenvalue weighted by Gasteiger charge is -2.21. The van der Waals surface area contributed by atoms with Crippen LogP contribution < -0.4 is 5.73 Å². The van der Waals surface area contributed by atoms with E-state index in [4.69, 9.17) is 25.1 Å². The van der Waals surface area contributed by atoms with Crippen LogP contribution in [0.5, 0.6) is 0 Å². The van der Waals surface area contributed by atoms with E-state index in [1.165, 1.54) is 0 Å². The summed E-state index contributed by atoms with van der Waals surface area (Å²) in [5, 5.41) is 9.03. The number of aliphatic hydroxyl groups is 1. The average molecular weight is 221 g/mol. The van der Waals surface area contributed by atoms with Crippen LogP contribution in [0, 0.1) is 0 Å². The van der Waals surface area contributed by atoms with Crippen molar-refractivity contribution in [2.24, 2.45) is 5.73 Å². The number of rotatable bonds is 9. The SMILES string of the molecule is COCC(N)C(CO)OCCOC(C)C. The number of ether oxygens (including phenoxy) is 3. The van der Waals surface area contributed by atoms with Crippen LogP contribution in [0.4, 0.5) is 0 Å². The molecule has 92 valence electrons. The van der Waals surface area contributed by atoms with Gasteiger partial charge < -0.3 is 25.1 Å². The summed E-state index contributed by atoms with van der Waals surface area (Å²) in [5.74, 6) is 0. The summed E-state index contributed by atoms with van der Waals surface area (Å²) >= 11 is 0. The van der Waals surface area contributed by atoms with Crippen molar-refractivity contribution in [2.75, 3.05) is 33.5 Å². The van der Waals surface area contributed by atoms with Crippen LogP contribution in [0.2, 0.25) is 0 Å². The van der Waals surface area contributed by atoms with Gasteiger partial charge in [0.2, 0.25) is 0 Å². The summed E-state index contributed by atoms with van der Waals surface area (Å²) in [7, 11) is 1.57. The summed E-state index contributed by atoms with van der Waals surface area (Å²) in [6, 6.07) is -0.306. The molecule has 0 bridgehead atoms. The van der Waals surface area contributed by atoms with Crippen molar-refractivity contribution < 1.29 is 19.3 Å². The summed E-state index contributed by atoms with van der Waals surface area (Å²) in [6.07, 6.45) is -0.200. The van der Waals surface area contributed by atoms with Crippen LogP contribution in [0.3, 0.4) is 0 Å². The summed E-state index contributed by atoms with van der Waals surface area (Å²) in [4.78, 5) is 0. The van der Waals surface area contributed by atoms with Gasteiger partial charge in [-0.1, -0.05) is 0 Å². The predicted molar refractivity (Wildman–Crippen MR) is 57.8 cm³/mol. The van der Waals surface area contributed by atoms with Gasteiger partial charge in [0.05, 0.1) is 44.7 Å². The largest absolute Gasteiger partial charge is 0.394 e. The first-order valence-corrected chi connectivity index (χ1v) is 5.20. The highest BCUT2D eigenvalue weighted by Crippen LogP contribution is 1.98. The van der Waals surface area contributed by atoms with Crippen molar-refractivity contribution in [1.82, 2.24) is 0 Å². The minimum Gasteiger partial charge on any atom is -0.394 e. The van der Waals surface area contributed by atoms with Crippen LogP contribution in [0.25, 0.3) is 0 Å². The molecule has 0 heterocycles. The third-order valence-electron chi connectivity index (χ3n) is 1.88. The molecule has 3 N–H and O–H groups in total. The molecule has 2 atom stereocenters. The third-order valence-corrected chi connectivity index (χ3v) is 1.88. The molecular weight excluding hydrogens is 198 g/mol. The molecule has 0 aliphatic heterocycles. The van der Waals surface area contributed by atoms with Gasteiger partial charge in [-0.15, -0.1) is 0 Å². The standard InChI is InChI=1S/C10H23NO4/c1-8(2)14-4-5-15-10(6-12)9(11)7-13-3/h8-10,12H,4-7,11H2,1-3H3. The Hall–Kier alpha value is -0.200. The maximum absolute atomic E-state index is 9.03. The van der Waals surface area contributed by atoms with Crippen LogP contribution in [-0.4, -0.2) is 56.9 Å². The maximum atomic E-state index is 9.03. The molecule has 5 nitrogen and oxygen atoms in total. The number of hydrogen-bond acceptors (Lipinski definition) is 5. The van der Waals surface area contributed by atoms with Crippen molar-refractivity contribution >= 4 is 0 Å². The highest BCUT2D eigenvalue weighted by atomic mass is 16.5. The first-order valence-electron chi connectivity index (χ1n) is 5.20. The second-order valence-corrected chi connectivity index (χ2v) is 3.63. The zero-order valence-corrected chi connectivity index (χ0v) is 9.81. The number of hydrogen-bond donors (Lipinski definition) is 2. The molecule has 0 saturated heterocycles. The topological polar surface area (TPSA) is 73.9 Å². The van der Waals surface area contributed by atoms with E-state index < -0.39 is 0 Å². The molecule has 0 aliphatic rings. The van der Waals surface area contributed by atoms with E-state index in [1.807, 2.05) is 13.8 Å². The van der Waals surface area contributed by atoms with E-state index in [0.717, 1.165) is 0 Å². The Bertz CT molecular complexity index is 143. The molecule has 0 spiro atoms. The second kappa shape index (κ2) is 9.06. The van der Waals surface area contributed by atoms with Gasteiger partial charge in [-0.2, -0.15) is 0 Å². The Balaban J connectivity index is 3.60. The van der Waals surface area contributed by atoms with Gasteiger partial charge >= 0.3 is 0 Å². The zero-order chi connectivity index (χ0) is 11.7. The molecule has 0 rings (SSSR count). The molecular formula is C10H23NO4. The fourth-order valence-corrected chi connectivity index (χ4v) is 1.09. The molecule has 15 heavy (non-hydrogen) atoms. The van der Waals surface area contributed by atoms with Crippen LogP contribution in [-0.2, 0) is 14.2 Å². The summed E-state index contributed by atoms with van der Waals surface area (Å²) < 4.78 is 15.6. The van der Waals surface area contributed by atoms with E-state index >= 15 is 0 Å². The predicted octanol–water partition coefficient (Wildman–Crippen LogP) is -0.237. The molecule has 5 heteroatoms. The molecule has 0 fully saturated rings.